The molecule has 92 valence electrons. The zero-order valence-electron chi connectivity index (χ0n) is 8.45. The maximum Gasteiger partial charge on any atom is 0.396 e. The van der Waals surface area contributed by atoms with Crippen molar-refractivity contribution in [2.24, 2.45) is 11.8 Å². The molecule has 1 aliphatic rings. The fourth-order valence-corrected chi connectivity index (χ4v) is 1.54. The van der Waals surface area contributed by atoms with E-state index in [1.54, 1.807) is 6.07 Å². The second-order valence-corrected chi connectivity index (χ2v) is 4.00. The number of allylic oxidation sites excluding steroid dienone is 3. The molecule has 0 fully saturated rings. The maximum atomic E-state index is 12.7. The van der Waals surface area contributed by atoms with Crippen molar-refractivity contribution in [2.75, 3.05) is 0 Å². The Hall–Kier alpha value is -1.12. The first-order chi connectivity index (χ1) is 7.88. The van der Waals surface area contributed by atoms with Gasteiger partial charge < -0.3 is 10.4 Å². The quantitative estimate of drug-likeness (QED) is 0.569. The van der Waals surface area contributed by atoms with E-state index in [9.17, 15) is 13.2 Å². The Balaban J connectivity index is 2.90. The number of hydrogen-bond donors (Lipinski definition) is 2. The minimum Gasteiger partial charge on any atom is -0.347 e. The van der Waals surface area contributed by atoms with E-state index in [4.69, 9.17) is 17.5 Å². The molecule has 3 atom stereocenters. The molecule has 0 bridgehead atoms. The summed E-state index contributed by atoms with van der Waals surface area (Å²) >= 11 is 4.76. The highest BCUT2D eigenvalue weighted by molar-refractivity contribution is 7.80. The minimum absolute atomic E-state index is 0.183. The SMILES string of the molecule is N#CC1C=CC(NC(=S)NP)=CC1C(F)(F)F. The largest absolute Gasteiger partial charge is 0.396 e. The van der Waals surface area contributed by atoms with E-state index < -0.39 is 18.0 Å². The van der Waals surface area contributed by atoms with E-state index in [1.807, 2.05) is 0 Å². The molecule has 0 aromatic heterocycles. The van der Waals surface area contributed by atoms with Crippen LogP contribution in [0.3, 0.4) is 0 Å². The summed E-state index contributed by atoms with van der Waals surface area (Å²) in [5.41, 5.74) is 0.221. The second-order valence-electron chi connectivity index (χ2n) is 3.30. The fourth-order valence-electron chi connectivity index (χ4n) is 1.35. The van der Waals surface area contributed by atoms with Crippen molar-refractivity contribution in [3.63, 3.8) is 0 Å². The Kier molecular flexibility index (Phi) is 4.49. The van der Waals surface area contributed by atoms with Crippen molar-refractivity contribution in [3.05, 3.63) is 23.9 Å². The lowest BCUT2D eigenvalue weighted by Crippen LogP contribution is -2.33. The van der Waals surface area contributed by atoms with Crippen LogP contribution in [-0.2, 0) is 0 Å². The predicted octanol–water partition coefficient (Wildman–Crippen LogP) is 2.01. The molecule has 0 amide bonds. The number of nitrogens with zero attached hydrogens (tertiary/aromatic N) is 1. The summed E-state index contributed by atoms with van der Waals surface area (Å²) in [6.07, 6.45) is -0.868. The fraction of sp³-hybridized carbons (Fsp3) is 0.333. The first kappa shape index (κ1) is 13.9. The van der Waals surface area contributed by atoms with E-state index in [-0.39, 0.29) is 10.8 Å². The van der Waals surface area contributed by atoms with Crippen LogP contribution in [0.25, 0.3) is 0 Å². The van der Waals surface area contributed by atoms with Crippen LogP contribution in [0.4, 0.5) is 13.2 Å². The highest BCUT2D eigenvalue weighted by Gasteiger charge is 2.43. The van der Waals surface area contributed by atoms with Crippen LogP contribution in [-0.4, -0.2) is 11.3 Å². The van der Waals surface area contributed by atoms with Gasteiger partial charge in [0.05, 0.1) is 17.9 Å². The Morgan fingerprint density at radius 2 is 2.18 bits per heavy atom. The van der Waals surface area contributed by atoms with Crippen molar-refractivity contribution < 1.29 is 13.2 Å². The molecule has 2 N–H and O–H groups in total. The lowest BCUT2D eigenvalue weighted by atomic mass is 9.88. The van der Waals surface area contributed by atoms with Crippen LogP contribution in [0.15, 0.2) is 23.9 Å². The highest BCUT2D eigenvalue weighted by Crippen LogP contribution is 2.36. The number of thiocarbonyl (C=S) groups is 1. The molecule has 0 aliphatic heterocycles. The summed E-state index contributed by atoms with van der Waals surface area (Å²) in [5.74, 6) is -3.01. The number of hydrogen-bond acceptors (Lipinski definition) is 2. The molecule has 0 spiro atoms. The van der Waals surface area contributed by atoms with Crippen LogP contribution >= 0.6 is 21.6 Å². The molecule has 0 aromatic carbocycles. The van der Waals surface area contributed by atoms with Gasteiger partial charge in [-0.25, -0.2) is 0 Å². The Morgan fingerprint density at radius 1 is 1.53 bits per heavy atom. The molecule has 0 radical (unpaired) electrons. The van der Waals surface area contributed by atoms with Crippen molar-refractivity contribution in [1.29, 1.82) is 5.26 Å². The van der Waals surface area contributed by atoms with E-state index in [2.05, 4.69) is 19.8 Å². The van der Waals surface area contributed by atoms with Gasteiger partial charge in [0, 0.05) is 5.70 Å². The summed E-state index contributed by atoms with van der Waals surface area (Å²) in [7, 11) is 2.13. The molecule has 3 unspecified atom stereocenters. The Morgan fingerprint density at radius 3 is 2.65 bits per heavy atom. The summed E-state index contributed by atoms with van der Waals surface area (Å²) < 4.78 is 38.0. The number of halogens is 3. The number of alkyl halides is 3. The van der Waals surface area contributed by atoms with Crippen molar-refractivity contribution in [1.82, 2.24) is 10.4 Å². The molecule has 0 heterocycles. The van der Waals surface area contributed by atoms with Gasteiger partial charge in [-0.1, -0.05) is 6.08 Å². The van der Waals surface area contributed by atoms with Gasteiger partial charge in [-0.3, -0.25) is 0 Å². The molecule has 8 heteroatoms. The van der Waals surface area contributed by atoms with Gasteiger partial charge in [-0.15, -0.1) is 0 Å². The lowest BCUT2D eigenvalue weighted by Gasteiger charge is -2.24. The van der Waals surface area contributed by atoms with Crippen molar-refractivity contribution >= 4 is 26.7 Å². The van der Waals surface area contributed by atoms with Crippen LogP contribution < -0.4 is 10.4 Å². The van der Waals surface area contributed by atoms with Gasteiger partial charge in [-0.05, 0) is 33.8 Å². The first-order valence-corrected chi connectivity index (χ1v) is 5.51. The molecule has 0 saturated carbocycles. The third-order valence-corrected chi connectivity index (χ3v) is 2.86. The number of nitriles is 1. The molecule has 3 nitrogen and oxygen atoms in total. The number of rotatable bonds is 1. The molecular formula is C9H9F3N3PS. The summed E-state index contributed by atoms with van der Waals surface area (Å²) in [6, 6.07) is 1.62. The highest BCUT2D eigenvalue weighted by atomic mass is 32.1. The van der Waals surface area contributed by atoms with Gasteiger partial charge in [0.1, 0.15) is 0 Å². The molecule has 0 aromatic rings. The lowest BCUT2D eigenvalue weighted by molar-refractivity contribution is -0.166. The maximum absolute atomic E-state index is 12.7. The standard InChI is InChI=1S/C9H9F3N3PS/c10-9(11,12)7-3-6(14-8(17)15-16)2-1-5(7)4-13/h1-3,5,7H,16H2,(H2,14,15,17). The Labute approximate surface area is 104 Å². The van der Waals surface area contributed by atoms with Gasteiger partial charge in [0.15, 0.2) is 5.11 Å². The third-order valence-electron chi connectivity index (χ3n) is 2.15. The third kappa shape index (κ3) is 3.69. The van der Waals surface area contributed by atoms with Crippen LogP contribution in [0.1, 0.15) is 0 Å². The monoisotopic (exact) mass is 279 g/mol. The second kappa shape index (κ2) is 5.48. The van der Waals surface area contributed by atoms with Crippen LogP contribution in [0, 0.1) is 23.2 Å². The van der Waals surface area contributed by atoms with E-state index in [0.29, 0.717) is 0 Å². The van der Waals surface area contributed by atoms with Crippen molar-refractivity contribution in [3.8, 4) is 6.07 Å². The summed E-state index contributed by atoms with van der Waals surface area (Å²) in [4.78, 5) is 0. The number of nitrogens with one attached hydrogen (secondary N) is 2. The van der Waals surface area contributed by atoms with Crippen molar-refractivity contribution in [2.45, 2.75) is 6.18 Å². The van der Waals surface area contributed by atoms with Gasteiger partial charge >= 0.3 is 6.18 Å². The predicted molar refractivity (Wildman–Crippen MR) is 64.5 cm³/mol. The molecule has 0 saturated heterocycles. The average molecular weight is 279 g/mol. The Bertz CT molecular complexity index is 411. The molecular weight excluding hydrogens is 270 g/mol. The van der Waals surface area contributed by atoms with E-state index >= 15 is 0 Å². The zero-order chi connectivity index (χ0) is 13.1. The van der Waals surface area contributed by atoms with Gasteiger partial charge in [0.25, 0.3) is 0 Å². The smallest absolute Gasteiger partial charge is 0.347 e. The van der Waals surface area contributed by atoms with E-state index in [1.165, 1.54) is 12.2 Å². The summed E-state index contributed by atoms with van der Waals surface area (Å²) in [5, 5.41) is 13.9. The molecule has 1 aliphatic carbocycles. The van der Waals surface area contributed by atoms with Gasteiger partial charge in [0.2, 0.25) is 0 Å². The normalized spacial score (nSPS) is 23.6. The van der Waals surface area contributed by atoms with Gasteiger partial charge in [-0.2, -0.15) is 18.4 Å². The first-order valence-electron chi connectivity index (χ1n) is 4.52. The van der Waals surface area contributed by atoms with E-state index in [0.717, 1.165) is 6.08 Å². The topological polar surface area (TPSA) is 47.9 Å². The molecule has 1 rings (SSSR count). The molecule has 17 heavy (non-hydrogen) atoms. The zero-order valence-corrected chi connectivity index (χ0v) is 10.4. The summed E-state index contributed by atoms with van der Waals surface area (Å²) in [6.45, 7) is 0. The van der Waals surface area contributed by atoms with Crippen LogP contribution in [0.2, 0.25) is 0 Å². The minimum atomic E-state index is -4.45. The average Bonchev–Trinajstić information content (AvgIpc) is 2.27. The van der Waals surface area contributed by atoms with Crippen LogP contribution in [0.5, 0.6) is 0 Å².